The second kappa shape index (κ2) is 9.64. The molecule has 0 aliphatic rings. The van der Waals surface area contributed by atoms with Gasteiger partial charge in [0, 0.05) is 22.6 Å². The van der Waals surface area contributed by atoms with Crippen molar-refractivity contribution in [2.75, 3.05) is 5.32 Å². The first-order valence-electron chi connectivity index (χ1n) is 11.0. The summed E-state index contributed by atoms with van der Waals surface area (Å²) < 4.78 is 28.2. The van der Waals surface area contributed by atoms with Crippen molar-refractivity contribution in [1.82, 2.24) is 9.55 Å². The minimum absolute atomic E-state index is 0.0109. The molecule has 1 N–H and O–H groups in total. The fourth-order valence-electron chi connectivity index (χ4n) is 3.76. The van der Waals surface area contributed by atoms with E-state index in [-0.39, 0.29) is 22.5 Å². The Morgan fingerprint density at radius 3 is 2.46 bits per heavy atom. The molecule has 180 valence electrons. The molecule has 0 spiro atoms. The van der Waals surface area contributed by atoms with Crippen molar-refractivity contribution in [3.8, 4) is 0 Å². The van der Waals surface area contributed by atoms with Crippen molar-refractivity contribution in [2.24, 2.45) is 0 Å². The van der Waals surface area contributed by atoms with Gasteiger partial charge in [-0.05, 0) is 67.8 Å². The fourth-order valence-corrected chi connectivity index (χ4v) is 5.31. The van der Waals surface area contributed by atoms with Crippen molar-refractivity contribution in [3.05, 3.63) is 92.9 Å². The standard InChI is InChI=1S/C26H24ClN3O4S/c1-4-18-9-11-19(12-10-18)35(33,34)23-14-30(26-20(25(23)32)13-8-16(2)28-26)15-24(31)29-22-7-5-6-21(27)17(22)3/h5-14H,4,15H2,1-3H3,(H,29,31). The minimum atomic E-state index is -4.14. The quantitative estimate of drug-likeness (QED) is 0.406. The van der Waals surface area contributed by atoms with Crippen molar-refractivity contribution in [1.29, 1.82) is 0 Å². The van der Waals surface area contributed by atoms with E-state index in [1.54, 1.807) is 50.2 Å². The van der Waals surface area contributed by atoms with Crippen LogP contribution in [0.3, 0.4) is 0 Å². The summed E-state index contributed by atoms with van der Waals surface area (Å²) in [5.41, 5.74) is 2.43. The van der Waals surface area contributed by atoms with Crippen LogP contribution in [0.15, 0.2) is 75.4 Å². The third kappa shape index (κ3) is 4.85. The van der Waals surface area contributed by atoms with Crippen LogP contribution in [0.4, 0.5) is 5.69 Å². The van der Waals surface area contributed by atoms with Gasteiger partial charge < -0.3 is 9.88 Å². The van der Waals surface area contributed by atoms with Gasteiger partial charge in [0.15, 0.2) is 0 Å². The van der Waals surface area contributed by atoms with E-state index in [1.807, 2.05) is 6.92 Å². The Kier molecular flexibility index (Phi) is 6.78. The van der Waals surface area contributed by atoms with Crippen molar-refractivity contribution in [2.45, 2.75) is 43.5 Å². The Morgan fingerprint density at radius 2 is 1.77 bits per heavy atom. The topological polar surface area (TPSA) is 98.1 Å². The number of rotatable bonds is 6. The summed E-state index contributed by atoms with van der Waals surface area (Å²) in [6.07, 6.45) is 1.96. The number of pyridine rings is 2. The van der Waals surface area contributed by atoms with Crippen molar-refractivity contribution in [3.63, 3.8) is 0 Å². The molecule has 7 nitrogen and oxygen atoms in total. The number of carbonyl (C=O) groups excluding carboxylic acids is 1. The number of benzene rings is 2. The molecule has 0 fully saturated rings. The molecule has 0 saturated carbocycles. The largest absolute Gasteiger partial charge is 0.324 e. The SMILES string of the molecule is CCc1ccc(S(=O)(=O)c2cn(CC(=O)Nc3cccc(Cl)c3C)c3nc(C)ccc3c2=O)cc1. The highest BCUT2D eigenvalue weighted by atomic mass is 35.5. The highest BCUT2D eigenvalue weighted by Crippen LogP contribution is 2.24. The molecule has 0 atom stereocenters. The lowest BCUT2D eigenvalue weighted by atomic mass is 10.2. The molecule has 35 heavy (non-hydrogen) atoms. The molecule has 9 heteroatoms. The van der Waals surface area contributed by atoms with E-state index < -0.39 is 26.1 Å². The summed E-state index contributed by atoms with van der Waals surface area (Å²) in [6, 6.07) is 14.8. The number of aryl methyl sites for hydroxylation is 2. The van der Waals surface area contributed by atoms with Crippen LogP contribution in [-0.2, 0) is 27.6 Å². The zero-order valence-electron chi connectivity index (χ0n) is 19.5. The predicted octanol–water partition coefficient (Wildman–Crippen LogP) is 4.70. The number of nitrogens with zero attached hydrogens (tertiary/aromatic N) is 2. The number of halogens is 1. The van der Waals surface area contributed by atoms with Crippen LogP contribution in [0, 0.1) is 13.8 Å². The van der Waals surface area contributed by atoms with Crippen LogP contribution in [0.25, 0.3) is 11.0 Å². The molecular weight excluding hydrogens is 486 g/mol. The monoisotopic (exact) mass is 509 g/mol. The summed E-state index contributed by atoms with van der Waals surface area (Å²) in [5.74, 6) is -0.417. The van der Waals surface area contributed by atoms with Gasteiger partial charge in [-0.1, -0.05) is 36.7 Å². The molecule has 4 aromatic rings. The van der Waals surface area contributed by atoms with E-state index >= 15 is 0 Å². The molecular formula is C26H24ClN3O4S. The van der Waals surface area contributed by atoms with Gasteiger partial charge in [-0.2, -0.15) is 0 Å². The van der Waals surface area contributed by atoms with Gasteiger partial charge in [0.05, 0.1) is 10.3 Å². The number of hydrogen-bond donors (Lipinski definition) is 1. The lowest BCUT2D eigenvalue weighted by molar-refractivity contribution is -0.116. The Morgan fingerprint density at radius 1 is 1.06 bits per heavy atom. The number of amides is 1. The van der Waals surface area contributed by atoms with Crippen molar-refractivity contribution < 1.29 is 13.2 Å². The molecule has 0 radical (unpaired) electrons. The minimum Gasteiger partial charge on any atom is -0.324 e. The van der Waals surface area contributed by atoms with Gasteiger partial charge >= 0.3 is 0 Å². The molecule has 1 amide bonds. The van der Waals surface area contributed by atoms with Crippen LogP contribution < -0.4 is 10.7 Å². The first kappa shape index (κ1) is 24.6. The average molecular weight is 510 g/mol. The third-order valence-corrected chi connectivity index (χ3v) is 7.99. The number of anilines is 1. The first-order chi connectivity index (χ1) is 16.6. The lowest BCUT2D eigenvalue weighted by Gasteiger charge is -2.15. The van der Waals surface area contributed by atoms with Crippen LogP contribution in [0.2, 0.25) is 5.02 Å². The predicted molar refractivity (Wildman–Crippen MR) is 137 cm³/mol. The zero-order chi connectivity index (χ0) is 25.3. The van der Waals surface area contributed by atoms with E-state index in [2.05, 4.69) is 10.3 Å². The van der Waals surface area contributed by atoms with Crippen LogP contribution in [-0.4, -0.2) is 23.9 Å². The van der Waals surface area contributed by atoms with Gasteiger partial charge in [0.25, 0.3) is 0 Å². The number of nitrogens with one attached hydrogen (secondary N) is 1. The number of sulfone groups is 1. The Bertz CT molecular complexity index is 1610. The molecule has 4 rings (SSSR count). The molecule has 0 aliphatic heterocycles. The molecule has 2 aromatic carbocycles. The molecule has 0 bridgehead atoms. The molecule has 2 aromatic heterocycles. The Labute approximate surface area is 208 Å². The summed E-state index contributed by atoms with van der Waals surface area (Å²) in [5, 5.41) is 3.43. The second-order valence-electron chi connectivity index (χ2n) is 8.24. The van der Waals surface area contributed by atoms with E-state index in [0.717, 1.165) is 12.0 Å². The average Bonchev–Trinajstić information content (AvgIpc) is 2.83. The van der Waals surface area contributed by atoms with Crippen LogP contribution >= 0.6 is 11.6 Å². The normalized spacial score (nSPS) is 11.5. The van der Waals surface area contributed by atoms with Crippen LogP contribution in [0.1, 0.15) is 23.7 Å². The highest BCUT2D eigenvalue weighted by molar-refractivity contribution is 7.91. The van der Waals surface area contributed by atoms with Gasteiger partial charge in [-0.3, -0.25) is 9.59 Å². The molecule has 2 heterocycles. The maximum atomic E-state index is 13.4. The van der Waals surface area contributed by atoms with Crippen LogP contribution in [0.5, 0.6) is 0 Å². The maximum Gasteiger partial charge on any atom is 0.244 e. The molecule has 0 aliphatic carbocycles. The smallest absolute Gasteiger partial charge is 0.244 e. The third-order valence-electron chi connectivity index (χ3n) is 5.82. The van der Waals surface area contributed by atoms with E-state index in [1.165, 1.54) is 29.0 Å². The second-order valence-corrected chi connectivity index (χ2v) is 10.6. The number of hydrogen-bond acceptors (Lipinski definition) is 5. The summed E-state index contributed by atoms with van der Waals surface area (Å²) in [4.78, 5) is 30.2. The maximum absolute atomic E-state index is 13.4. The first-order valence-corrected chi connectivity index (χ1v) is 12.9. The number of fused-ring (bicyclic) bond motifs is 1. The fraction of sp³-hybridized carbons (Fsp3) is 0.192. The van der Waals surface area contributed by atoms with E-state index in [9.17, 15) is 18.0 Å². The van der Waals surface area contributed by atoms with Gasteiger partial charge in [-0.25, -0.2) is 13.4 Å². The summed E-state index contributed by atoms with van der Waals surface area (Å²) in [6.45, 7) is 5.25. The van der Waals surface area contributed by atoms with E-state index in [0.29, 0.717) is 22.0 Å². The van der Waals surface area contributed by atoms with Gasteiger partial charge in [0.1, 0.15) is 17.1 Å². The summed E-state index contributed by atoms with van der Waals surface area (Å²) in [7, 11) is -4.14. The molecule has 0 unspecified atom stereocenters. The van der Waals surface area contributed by atoms with Gasteiger partial charge in [0.2, 0.25) is 21.2 Å². The van der Waals surface area contributed by atoms with Crippen molar-refractivity contribution >= 4 is 44.1 Å². The lowest BCUT2D eigenvalue weighted by Crippen LogP contribution is -2.24. The summed E-state index contributed by atoms with van der Waals surface area (Å²) >= 11 is 6.15. The molecule has 0 saturated heterocycles. The number of aromatic nitrogens is 2. The highest BCUT2D eigenvalue weighted by Gasteiger charge is 2.25. The zero-order valence-corrected chi connectivity index (χ0v) is 21.1. The number of carbonyl (C=O) groups is 1. The Balaban J connectivity index is 1.81. The van der Waals surface area contributed by atoms with Gasteiger partial charge in [-0.15, -0.1) is 0 Å². The Hall–Kier alpha value is -3.49. The van der Waals surface area contributed by atoms with E-state index in [4.69, 9.17) is 11.6 Å².